The summed E-state index contributed by atoms with van der Waals surface area (Å²) in [5.74, 6) is 1.09. The maximum atomic E-state index is 13.2. The number of unbranched alkanes of at least 4 members (excludes halogenated alkanes) is 1. The van der Waals surface area contributed by atoms with Crippen LogP contribution in [0.15, 0.2) is 37.1 Å². The molecule has 0 saturated carbocycles. The van der Waals surface area contributed by atoms with Crippen LogP contribution in [0.4, 0.5) is 0 Å². The third kappa shape index (κ3) is 12.6. The van der Waals surface area contributed by atoms with Crippen molar-refractivity contribution in [3.8, 4) is 0 Å². The number of hydrogen-bond acceptors (Lipinski definition) is 5. The van der Waals surface area contributed by atoms with E-state index in [0.717, 1.165) is 93.1 Å². The molecule has 0 radical (unpaired) electrons. The second-order valence-corrected chi connectivity index (χ2v) is 12.1. The van der Waals surface area contributed by atoms with Crippen LogP contribution in [0.2, 0.25) is 0 Å². The molecule has 0 aliphatic carbocycles. The fourth-order valence-corrected chi connectivity index (χ4v) is 5.93. The van der Waals surface area contributed by atoms with Crippen molar-refractivity contribution in [2.45, 2.75) is 99.6 Å². The number of nitrogens with zero attached hydrogens (tertiary/aromatic N) is 3. The second-order valence-electron chi connectivity index (χ2n) is 12.1. The highest BCUT2D eigenvalue weighted by molar-refractivity contribution is 5.94. The van der Waals surface area contributed by atoms with Gasteiger partial charge in [-0.2, -0.15) is 0 Å². The van der Waals surface area contributed by atoms with Crippen LogP contribution in [0.1, 0.15) is 100 Å². The number of amides is 2. The Morgan fingerprint density at radius 2 is 1.77 bits per heavy atom. The Morgan fingerprint density at radius 3 is 2.32 bits per heavy atom. The molecule has 8 nitrogen and oxygen atoms in total. The Kier molecular flexibility index (Phi) is 18.9. The maximum Gasteiger partial charge on any atom is 0.253 e. The number of morpholine rings is 1. The molecule has 0 atom stereocenters. The summed E-state index contributed by atoms with van der Waals surface area (Å²) in [4.78, 5) is 29.4. The van der Waals surface area contributed by atoms with Crippen LogP contribution in [-0.4, -0.2) is 79.2 Å². The van der Waals surface area contributed by atoms with Crippen molar-refractivity contribution in [2.24, 2.45) is 0 Å². The number of nitrogens with one attached hydrogen (secondary N) is 1. The van der Waals surface area contributed by atoms with Crippen molar-refractivity contribution in [3.63, 3.8) is 0 Å². The topological polar surface area (TPSA) is 76.0 Å². The molecule has 1 saturated heterocycles. The number of allylic oxidation sites excluding steroid dienone is 1. The molecule has 1 aromatic carbocycles. The smallest absolute Gasteiger partial charge is 0.253 e. The number of aryl methyl sites for hydroxylation is 3. The van der Waals surface area contributed by atoms with Crippen molar-refractivity contribution in [3.05, 3.63) is 69.9 Å². The van der Waals surface area contributed by atoms with Gasteiger partial charge in [0.25, 0.3) is 5.91 Å². The van der Waals surface area contributed by atoms with Crippen LogP contribution in [0.5, 0.6) is 0 Å². The number of carbonyl (C=O) groups is 2. The predicted molar refractivity (Wildman–Crippen MR) is 195 cm³/mol. The lowest BCUT2D eigenvalue weighted by atomic mass is 10.0. The maximum absolute atomic E-state index is 13.2. The Morgan fingerprint density at radius 1 is 1.06 bits per heavy atom. The van der Waals surface area contributed by atoms with E-state index in [2.05, 4.69) is 87.2 Å². The van der Waals surface area contributed by atoms with Crippen LogP contribution < -0.4 is 15.9 Å². The third-order valence-electron chi connectivity index (χ3n) is 8.48. The van der Waals surface area contributed by atoms with Crippen LogP contribution in [0, 0.1) is 6.92 Å². The van der Waals surface area contributed by atoms with Crippen LogP contribution in [0.3, 0.4) is 0 Å². The van der Waals surface area contributed by atoms with Gasteiger partial charge in [0.15, 0.2) is 0 Å². The van der Waals surface area contributed by atoms with Crippen LogP contribution in [-0.2, 0) is 33.8 Å². The second kappa shape index (κ2) is 22.3. The molecule has 0 spiro atoms. The zero-order valence-electron chi connectivity index (χ0n) is 30.5. The van der Waals surface area contributed by atoms with Gasteiger partial charge in [-0.25, -0.2) is 0 Å². The molecule has 1 aromatic heterocycles. The first-order valence-electron chi connectivity index (χ1n) is 17.8. The molecule has 2 amide bonds. The predicted octanol–water partition coefficient (Wildman–Crippen LogP) is 5.58. The fraction of sp³-hybridized carbons (Fsp3) is 0.590. The summed E-state index contributed by atoms with van der Waals surface area (Å²) in [6, 6.07) is 6.42. The van der Waals surface area contributed by atoms with Gasteiger partial charge in [-0.1, -0.05) is 71.4 Å². The number of methoxy groups -OCH3 is 1. The van der Waals surface area contributed by atoms with E-state index < -0.39 is 0 Å². The quantitative estimate of drug-likeness (QED) is 0.227. The summed E-state index contributed by atoms with van der Waals surface area (Å²) in [5, 5.41) is 5.06. The average molecular weight is 651 g/mol. The lowest BCUT2D eigenvalue weighted by Crippen LogP contribution is -2.46. The normalized spacial score (nSPS) is 14.0. The summed E-state index contributed by atoms with van der Waals surface area (Å²) in [5.41, 5.74) is 4.42. The van der Waals surface area contributed by atoms with Crippen molar-refractivity contribution >= 4 is 23.6 Å². The number of rotatable bonds is 17. The summed E-state index contributed by atoms with van der Waals surface area (Å²) in [6.07, 6.45) is 12.8. The van der Waals surface area contributed by atoms with Crippen molar-refractivity contribution in [2.75, 3.05) is 53.0 Å². The first kappa shape index (κ1) is 39.8. The van der Waals surface area contributed by atoms with Gasteiger partial charge in [-0.3, -0.25) is 14.5 Å². The van der Waals surface area contributed by atoms with Gasteiger partial charge in [0, 0.05) is 44.0 Å². The number of aromatic nitrogens is 1. The SMILES string of the molecule is C=CC/C=c1/c(C(=O)NCc2ccc(CC)c(C)c2)cn(CCCC)/c1=C(/CC)OC.CCCN(CCC)CC(=O)N1CCOCC1. The van der Waals surface area contributed by atoms with Gasteiger partial charge in [-0.15, -0.1) is 6.58 Å². The number of ether oxygens (including phenoxy) is 2. The molecule has 8 heteroatoms. The molecule has 1 aliphatic heterocycles. The molecule has 1 aliphatic rings. The van der Waals surface area contributed by atoms with Crippen molar-refractivity contribution in [1.82, 2.24) is 19.7 Å². The van der Waals surface area contributed by atoms with Gasteiger partial charge in [0.1, 0.15) is 5.76 Å². The Balaban J connectivity index is 0.000000403. The minimum absolute atomic E-state index is 0.0596. The molecule has 3 rings (SSSR count). The van der Waals surface area contributed by atoms with Crippen molar-refractivity contribution < 1.29 is 19.1 Å². The highest BCUT2D eigenvalue weighted by Crippen LogP contribution is 2.12. The minimum Gasteiger partial charge on any atom is -0.499 e. The van der Waals surface area contributed by atoms with E-state index in [-0.39, 0.29) is 11.8 Å². The molecule has 2 heterocycles. The Hall–Kier alpha value is -3.36. The number of benzene rings is 1. The van der Waals surface area contributed by atoms with Gasteiger partial charge in [0.2, 0.25) is 5.91 Å². The summed E-state index contributed by atoms with van der Waals surface area (Å²) in [7, 11) is 1.70. The van der Waals surface area contributed by atoms with E-state index >= 15 is 0 Å². The first-order valence-corrected chi connectivity index (χ1v) is 17.8. The van der Waals surface area contributed by atoms with Gasteiger partial charge in [0.05, 0.1) is 37.8 Å². The molecule has 1 fully saturated rings. The van der Waals surface area contributed by atoms with E-state index in [4.69, 9.17) is 9.47 Å². The molecule has 1 N–H and O–H groups in total. The molecule has 2 aromatic rings. The van der Waals surface area contributed by atoms with Gasteiger partial charge < -0.3 is 24.3 Å². The fourth-order valence-electron chi connectivity index (χ4n) is 5.93. The zero-order valence-corrected chi connectivity index (χ0v) is 30.5. The van der Waals surface area contributed by atoms with Crippen molar-refractivity contribution in [1.29, 1.82) is 0 Å². The highest BCUT2D eigenvalue weighted by atomic mass is 16.5. The standard InChI is InChI=1S/C27H38N2O2.C12H24N2O2/c1-7-11-13-23-24(19-29(16-12-8-2)26(23)25(10-4)31-6)27(30)28-18-21-14-15-22(9-3)20(5)17-21;1-3-5-13(6-4-2)11-12(15)14-7-9-16-10-8-14/h7,13-15,17,19H,1,8-12,16,18H2,2-6H3,(H,28,30);3-11H2,1-2H3/b23-13-,26-25-;. The average Bonchev–Trinajstić information content (AvgIpc) is 3.44. The monoisotopic (exact) mass is 650 g/mol. The molecule has 262 valence electrons. The molecular weight excluding hydrogens is 588 g/mol. The number of carbonyl (C=O) groups excluding carboxylic acids is 2. The van der Waals surface area contributed by atoms with Crippen LogP contribution in [0.25, 0.3) is 11.8 Å². The Bertz CT molecular complexity index is 1360. The summed E-state index contributed by atoms with van der Waals surface area (Å²) in [6.45, 7) is 23.6. The Labute approximate surface area is 284 Å². The number of hydrogen-bond donors (Lipinski definition) is 1. The largest absolute Gasteiger partial charge is 0.499 e. The summed E-state index contributed by atoms with van der Waals surface area (Å²) < 4.78 is 13.1. The lowest BCUT2D eigenvalue weighted by molar-refractivity contribution is -0.136. The molecular formula is C39H62N4O4. The first-order chi connectivity index (χ1) is 22.8. The van der Waals surface area contributed by atoms with Gasteiger partial charge in [-0.05, 0) is 68.8 Å². The van der Waals surface area contributed by atoms with E-state index in [0.29, 0.717) is 38.3 Å². The van der Waals surface area contributed by atoms with E-state index in [1.54, 1.807) is 7.11 Å². The van der Waals surface area contributed by atoms with Crippen LogP contribution >= 0.6 is 0 Å². The molecule has 47 heavy (non-hydrogen) atoms. The van der Waals surface area contributed by atoms with E-state index in [9.17, 15) is 9.59 Å². The molecule has 0 bridgehead atoms. The lowest BCUT2D eigenvalue weighted by Gasteiger charge is -2.29. The van der Waals surface area contributed by atoms with E-state index in [1.165, 1.54) is 11.1 Å². The highest BCUT2D eigenvalue weighted by Gasteiger charge is 2.19. The minimum atomic E-state index is -0.0596. The molecule has 0 unspecified atom stereocenters. The summed E-state index contributed by atoms with van der Waals surface area (Å²) >= 11 is 0. The van der Waals surface area contributed by atoms with Gasteiger partial charge >= 0.3 is 0 Å². The van der Waals surface area contributed by atoms with E-state index in [1.807, 2.05) is 17.2 Å². The third-order valence-corrected chi connectivity index (χ3v) is 8.48. The zero-order chi connectivity index (χ0) is 34.6.